The molecule has 124 valence electrons. The average Bonchev–Trinajstić information content (AvgIpc) is 3.06. The molecule has 0 aromatic heterocycles. The fourth-order valence-corrected chi connectivity index (χ4v) is 3.38. The van der Waals surface area contributed by atoms with Crippen LogP contribution >= 0.6 is 0 Å². The molecule has 0 saturated heterocycles. The molecule has 0 heterocycles. The maximum Gasteiger partial charge on any atom is 0.401 e. The molecule has 0 radical (unpaired) electrons. The molecule has 2 fully saturated rings. The summed E-state index contributed by atoms with van der Waals surface area (Å²) in [5.74, 6) is 0. The number of hydrogen-bond donors (Lipinski definition) is 1. The second-order valence-electron chi connectivity index (χ2n) is 8.06. The number of hydrogen-bond acceptors (Lipinski definition) is 2. The van der Waals surface area contributed by atoms with Gasteiger partial charge in [-0.15, -0.1) is 0 Å². The second kappa shape index (κ2) is 6.07. The van der Waals surface area contributed by atoms with Gasteiger partial charge in [-0.1, -0.05) is 12.8 Å². The van der Waals surface area contributed by atoms with Crippen LogP contribution in [0.1, 0.15) is 59.3 Å². The fourth-order valence-electron chi connectivity index (χ4n) is 3.38. The van der Waals surface area contributed by atoms with Crippen LogP contribution in [0.2, 0.25) is 0 Å². The highest BCUT2D eigenvalue weighted by atomic mass is 19.4. The molecule has 2 aliphatic rings. The Kier molecular flexibility index (Phi) is 4.94. The van der Waals surface area contributed by atoms with Crippen molar-refractivity contribution in [2.24, 2.45) is 5.41 Å². The maximum atomic E-state index is 12.8. The highest BCUT2D eigenvalue weighted by Crippen LogP contribution is 2.41. The number of alkyl halides is 3. The van der Waals surface area contributed by atoms with E-state index in [1.807, 2.05) is 0 Å². The highest BCUT2D eigenvalue weighted by molar-refractivity contribution is 4.95. The molecular formula is C16H29F3N2. The lowest BCUT2D eigenvalue weighted by Gasteiger charge is -2.38. The van der Waals surface area contributed by atoms with Crippen molar-refractivity contribution in [3.05, 3.63) is 0 Å². The molecule has 0 atom stereocenters. The minimum Gasteiger partial charge on any atom is -0.311 e. The molecule has 2 rings (SSSR count). The topological polar surface area (TPSA) is 15.3 Å². The lowest BCUT2D eigenvalue weighted by Crippen LogP contribution is -2.49. The van der Waals surface area contributed by atoms with E-state index in [0.29, 0.717) is 6.54 Å². The molecule has 21 heavy (non-hydrogen) atoms. The summed E-state index contributed by atoms with van der Waals surface area (Å²) < 4.78 is 38.4. The van der Waals surface area contributed by atoms with Gasteiger partial charge >= 0.3 is 6.18 Å². The molecule has 0 aromatic rings. The Hall–Kier alpha value is -0.290. The first-order chi connectivity index (χ1) is 9.59. The lowest BCUT2D eigenvalue weighted by atomic mass is 9.84. The molecule has 0 aliphatic heterocycles. The summed E-state index contributed by atoms with van der Waals surface area (Å²) in [4.78, 5) is 1.70. The minimum absolute atomic E-state index is 0.0179. The van der Waals surface area contributed by atoms with E-state index in [1.165, 1.54) is 0 Å². The molecule has 2 aliphatic carbocycles. The van der Waals surface area contributed by atoms with Crippen LogP contribution in [0, 0.1) is 5.41 Å². The van der Waals surface area contributed by atoms with Gasteiger partial charge in [-0.3, -0.25) is 4.90 Å². The van der Waals surface area contributed by atoms with Crippen molar-refractivity contribution in [2.75, 3.05) is 19.6 Å². The van der Waals surface area contributed by atoms with Crippen molar-refractivity contribution < 1.29 is 13.2 Å². The third-order valence-electron chi connectivity index (χ3n) is 4.64. The molecule has 0 aromatic carbocycles. The highest BCUT2D eigenvalue weighted by Gasteiger charge is 2.43. The van der Waals surface area contributed by atoms with E-state index in [9.17, 15) is 13.2 Å². The third-order valence-corrected chi connectivity index (χ3v) is 4.64. The number of halogens is 3. The quantitative estimate of drug-likeness (QED) is 0.799. The fraction of sp³-hybridized carbons (Fsp3) is 1.00. The predicted octanol–water partition coefficient (Wildman–Crippen LogP) is 3.96. The normalized spacial score (nSPS) is 23.0. The van der Waals surface area contributed by atoms with Gasteiger partial charge in [0.25, 0.3) is 0 Å². The van der Waals surface area contributed by atoms with E-state index in [4.69, 9.17) is 0 Å². The van der Waals surface area contributed by atoms with Gasteiger partial charge in [0, 0.05) is 24.7 Å². The first-order valence-corrected chi connectivity index (χ1v) is 8.15. The molecule has 0 bridgehead atoms. The monoisotopic (exact) mass is 306 g/mol. The molecular weight excluding hydrogens is 277 g/mol. The van der Waals surface area contributed by atoms with Gasteiger partial charge in [-0.25, -0.2) is 0 Å². The first kappa shape index (κ1) is 17.1. The van der Waals surface area contributed by atoms with Crippen LogP contribution in [0.5, 0.6) is 0 Å². The average molecular weight is 306 g/mol. The molecule has 2 saturated carbocycles. The zero-order valence-corrected chi connectivity index (χ0v) is 13.5. The van der Waals surface area contributed by atoms with Crippen molar-refractivity contribution in [3.63, 3.8) is 0 Å². The molecule has 0 spiro atoms. The summed E-state index contributed by atoms with van der Waals surface area (Å²) in [6.07, 6.45) is 2.18. The van der Waals surface area contributed by atoms with Crippen LogP contribution in [0.15, 0.2) is 0 Å². The van der Waals surface area contributed by atoms with Crippen LogP contribution in [0.25, 0.3) is 0 Å². The SMILES string of the molecule is CC(C)(C)NCC1(CN(CC(F)(F)F)C2CC2)CCCC1. The van der Waals surface area contributed by atoms with Gasteiger partial charge in [0.15, 0.2) is 0 Å². The van der Waals surface area contributed by atoms with Gasteiger partial charge in [0.2, 0.25) is 0 Å². The van der Waals surface area contributed by atoms with Gasteiger partial charge in [-0.2, -0.15) is 13.2 Å². The Bertz CT molecular complexity index is 336. The summed E-state index contributed by atoms with van der Waals surface area (Å²) in [7, 11) is 0. The van der Waals surface area contributed by atoms with Crippen molar-refractivity contribution in [3.8, 4) is 0 Å². The minimum atomic E-state index is -4.08. The van der Waals surface area contributed by atoms with E-state index in [-0.39, 0.29) is 17.0 Å². The largest absolute Gasteiger partial charge is 0.401 e. The number of nitrogens with zero attached hydrogens (tertiary/aromatic N) is 1. The van der Waals surface area contributed by atoms with Gasteiger partial charge in [0.05, 0.1) is 6.54 Å². The Labute approximate surface area is 126 Å². The van der Waals surface area contributed by atoms with E-state index in [1.54, 1.807) is 4.90 Å². The zero-order valence-electron chi connectivity index (χ0n) is 13.5. The Balaban J connectivity index is 1.99. The van der Waals surface area contributed by atoms with E-state index < -0.39 is 12.7 Å². The van der Waals surface area contributed by atoms with Crippen LogP contribution in [-0.4, -0.2) is 42.3 Å². The Morgan fingerprint density at radius 3 is 2.10 bits per heavy atom. The smallest absolute Gasteiger partial charge is 0.311 e. The molecule has 0 amide bonds. The van der Waals surface area contributed by atoms with E-state index in [2.05, 4.69) is 26.1 Å². The number of rotatable bonds is 6. The standard InChI is InChI=1S/C16H29F3N2/c1-14(2,3)20-10-15(8-4-5-9-15)11-21(13-6-7-13)12-16(17,18)19/h13,20H,4-12H2,1-3H3. The third kappa shape index (κ3) is 5.78. The Morgan fingerprint density at radius 2 is 1.67 bits per heavy atom. The Morgan fingerprint density at radius 1 is 1.10 bits per heavy atom. The van der Waals surface area contributed by atoms with Crippen molar-refractivity contribution >= 4 is 0 Å². The van der Waals surface area contributed by atoms with E-state index in [0.717, 1.165) is 45.1 Å². The first-order valence-electron chi connectivity index (χ1n) is 8.15. The maximum absolute atomic E-state index is 12.8. The van der Waals surface area contributed by atoms with Gasteiger partial charge in [0.1, 0.15) is 0 Å². The summed E-state index contributed by atoms with van der Waals surface area (Å²) in [5.41, 5.74) is 0.0468. The number of nitrogens with one attached hydrogen (secondary N) is 1. The van der Waals surface area contributed by atoms with Crippen LogP contribution < -0.4 is 5.32 Å². The van der Waals surface area contributed by atoms with Crippen molar-refractivity contribution in [2.45, 2.75) is 77.1 Å². The molecule has 1 N–H and O–H groups in total. The molecule has 2 nitrogen and oxygen atoms in total. The summed E-state index contributed by atoms with van der Waals surface area (Å²) in [5, 5.41) is 3.52. The van der Waals surface area contributed by atoms with Crippen molar-refractivity contribution in [1.82, 2.24) is 10.2 Å². The summed E-state index contributed by atoms with van der Waals surface area (Å²) >= 11 is 0. The summed E-state index contributed by atoms with van der Waals surface area (Å²) in [6, 6.07) is 0.165. The molecule has 0 unspecified atom stereocenters. The van der Waals surface area contributed by atoms with Crippen molar-refractivity contribution in [1.29, 1.82) is 0 Å². The van der Waals surface area contributed by atoms with Crippen LogP contribution in [0.3, 0.4) is 0 Å². The van der Waals surface area contributed by atoms with Gasteiger partial charge < -0.3 is 5.32 Å². The zero-order chi connectivity index (χ0) is 15.7. The van der Waals surface area contributed by atoms with E-state index >= 15 is 0 Å². The van der Waals surface area contributed by atoms with Gasteiger partial charge in [-0.05, 0) is 51.9 Å². The second-order valence-corrected chi connectivity index (χ2v) is 8.06. The van der Waals surface area contributed by atoms with Crippen LogP contribution in [0.4, 0.5) is 13.2 Å². The lowest BCUT2D eigenvalue weighted by molar-refractivity contribution is -0.150. The molecule has 5 heteroatoms. The van der Waals surface area contributed by atoms with Crippen LogP contribution in [-0.2, 0) is 0 Å². The summed E-state index contributed by atoms with van der Waals surface area (Å²) in [6.45, 7) is 7.03. The predicted molar refractivity (Wildman–Crippen MR) is 79.3 cm³/mol.